The highest BCUT2D eigenvalue weighted by molar-refractivity contribution is 7.19. The maximum Gasteiger partial charge on any atom is 0.257 e. The van der Waals surface area contributed by atoms with Gasteiger partial charge >= 0.3 is 0 Å². The Morgan fingerprint density at radius 2 is 2.14 bits per heavy atom. The van der Waals surface area contributed by atoms with Gasteiger partial charge in [-0.1, -0.05) is 18.2 Å². The van der Waals surface area contributed by atoms with E-state index >= 15 is 0 Å². The van der Waals surface area contributed by atoms with Crippen LogP contribution in [0.5, 0.6) is 0 Å². The zero-order valence-electron chi connectivity index (χ0n) is 15.5. The molecular weight excluding hydrogens is 370 g/mol. The normalized spacial score (nSPS) is 14.0. The van der Waals surface area contributed by atoms with Gasteiger partial charge in [-0.15, -0.1) is 11.3 Å². The molecule has 3 aromatic heterocycles. The van der Waals surface area contributed by atoms with Gasteiger partial charge in [-0.2, -0.15) is 5.10 Å². The number of anilines is 1. The first kappa shape index (κ1) is 17.1. The van der Waals surface area contributed by atoms with Gasteiger partial charge in [-0.05, 0) is 55.2 Å². The van der Waals surface area contributed by atoms with Crippen molar-refractivity contribution >= 4 is 44.5 Å². The summed E-state index contributed by atoms with van der Waals surface area (Å²) in [5.74, 6) is 0.703. The highest BCUT2D eigenvalue weighted by Crippen LogP contribution is 2.38. The molecule has 6 nitrogen and oxygen atoms in total. The highest BCUT2D eigenvalue weighted by atomic mass is 32.1. The van der Waals surface area contributed by atoms with E-state index in [0.29, 0.717) is 11.4 Å². The zero-order valence-corrected chi connectivity index (χ0v) is 16.3. The van der Waals surface area contributed by atoms with E-state index in [2.05, 4.69) is 25.5 Å². The van der Waals surface area contributed by atoms with Crippen molar-refractivity contribution in [2.75, 3.05) is 5.43 Å². The van der Waals surface area contributed by atoms with Crippen LogP contribution in [-0.2, 0) is 12.8 Å². The van der Waals surface area contributed by atoms with Gasteiger partial charge in [0.25, 0.3) is 5.56 Å². The third-order valence-electron chi connectivity index (χ3n) is 5.24. The molecule has 7 heteroatoms. The Bertz CT molecular complexity index is 1290. The third kappa shape index (κ3) is 2.88. The van der Waals surface area contributed by atoms with E-state index in [-0.39, 0.29) is 5.56 Å². The summed E-state index contributed by atoms with van der Waals surface area (Å²) in [6.45, 7) is 1.98. The van der Waals surface area contributed by atoms with Gasteiger partial charge in [0, 0.05) is 4.88 Å². The number of nitrogens with zero attached hydrogens (tertiary/aromatic N) is 3. The van der Waals surface area contributed by atoms with E-state index in [1.807, 2.05) is 31.2 Å². The molecule has 0 fully saturated rings. The van der Waals surface area contributed by atoms with Gasteiger partial charge in [0.2, 0.25) is 0 Å². The van der Waals surface area contributed by atoms with E-state index in [0.717, 1.165) is 39.5 Å². The van der Waals surface area contributed by atoms with Crippen LogP contribution in [0.25, 0.3) is 21.1 Å². The molecule has 0 radical (unpaired) electrons. The molecule has 4 aromatic rings. The molecule has 0 saturated carbocycles. The molecule has 1 aliphatic rings. The number of hydrazone groups is 1. The Hall–Kier alpha value is -3.06. The average molecular weight is 389 g/mol. The summed E-state index contributed by atoms with van der Waals surface area (Å²) in [5, 5.41) is 6.36. The first-order valence-corrected chi connectivity index (χ1v) is 10.2. The quantitative estimate of drug-likeness (QED) is 0.407. The zero-order chi connectivity index (χ0) is 19.1. The predicted octanol–water partition coefficient (Wildman–Crippen LogP) is 4.17. The van der Waals surface area contributed by atoms with Crippen LogP contribution < -0.4 is 11.0 Å². The van der Waals surface area contributed by atoms with Gasteiger partial charge in [0.1, 0.15) is 11.2 Å². The molecule has 5 rings (SSSR count). The van der Waals surface area contributed by atoms with E-state index < -0.39 is 0 Å². The van der Waals surface area contributed by atoms with Crippen molar-refractivity contribution in [2.45, 2.75) is 32.6 Å². The lowest BCUT2D eigenvalue weighted by Crippen LogP contribution is -2.12. The second-order valence-electron chi connectivity index (χ2n) is 7.08. The maximum atomic E-state index is 12.4. The van der Waals surface area contributed by atoms with Crippen molar-refractivity contribution < 1.29 is 0 Å². The second-order valence-corrected chi connectivity index (χ2v) is 8.16. The molecule has 140 valence electrons. The standard InChI is InChI=1S/C21H19N5OS/c1-12-5-4-6-13-9-14(20(27)25-18(12)13)10-24-26-19-17-15-7-2-3-8-16(15)28-21(17)23-11-22-19/h4-6,9-11H,2-3,7-8H2,1H3,(H,25,27)(H,22,23,26). The second kappa shape index (κ2) is 6.83. The number of aryl methyl sites for hydroxylation is 3. The molecule has 0 unspecified atom stereocenters. The SMILES string of the molecule is Cc1cccc2cc(C=NNc3ncnc4sc5c(c34)CCCC5)c(=O)[nH]c12. The van der Waals surface area contributed by atoms with Crippen LogP contribution in [0.15, 0.2) is 40.5 Å². The topological polar surface area (TPSA) is 83.0 Å². The largest absolute Gasteiger partial charge is 0.321 e. The van der Waals surface area contributed by atoms with Crippen LogP contribution in [0, 0.1) is 6.92 Å². The molecular formula is C21H19N5OS. The predicted molar refractivity (Wildman–Crippen MR) is 115 cm³/mol. The number of hydrogen-bond donors (Lipinski definition) is 2. The fourth-order valence-electron chi connectivity index (χ4n) is 3.83. The molecule has 0 atom stereocenters. The van der Waals surface area contributed by atoms with E-state index in [1.165, 1.54) is 23.3 Å². The third-order valence-corrected chi connectivity index (χ3v) is 6.44. The first-order valence-electron chi connectivity index (χ1n) is 9.37. The number of aromatic amines is 1. The lowest BCUT2D eigenvalue weighted by atomic mass is 9.97. The number of para-hydroxylation sites is 1. The molecule has 1 aliphatic carbocycles. The van der Waals surface area contributed by atoms with Crippen LogP contribution in [0.2, 0.25) is 0 Å². The fourth-order valence-corrected chi connectivity index (χ4v) is 5.06. The van der Waals surface area contributed by atoms with E-state index in [9.17, 15) is 4.79 Å². The number of nitrogens with one attached hydrogen (secondary N) is 2. The number of fused-ring (bicyclic) bond motifs is 4. The number of pyridine rings is 1. The smallest absolute Gasteiger partial charge is 0.257 e. The minimum atomic E-state index is -0.159. The van der Waals surface area contributed by atoms with Gasteiger partial charge in [-0.3, -0.25) is 10.2 Å². The summed E-state index contributed by atoms with van der Waals surface area (Å²) in [5.41, 5.74) is 6.63. The van der Waals surface area contributed by atoms with E-state index in [4.69, 9.17) is 0 Å². The van der Waals surface area contributed by atoms with Gasteiger partial charge in [-0.25, -0.2) is 9.97 Å². The molecule has 1 aromatic carbocycles. The first-order chi connectivity index (χ1) is 13.7. The lowest BCUT2D eigenvalue weighted by molar-refractivity contribution is 0.700. The number of thiophene rings is 1. The minimum Gasteiger partial charge on any atom is -0.321 e. The summed E-state index contributed by atoms with van der Waals surface area (Å²) >= 11 is 1.75. The van der Waals surface area contributed by atoms with Crippen LogP contribution in [0.4, 0.5) is 5.82 Å². The molecule has 2 N–H and O–H groups in total. The Balaban J connectivity index is 1.49. The van der Waals surface area contributed by atoms with Gasteiger partial charge in [0.05, 0.1) is 22.7 Å². The maximum absolute atomic E-state index is 12.4. The van der Waals surface area contributed by atoms with Crippen LogP contribution in [-0.4, -0.2) is 21.2 Å². The minimum absolute atomic E-state index is 0.159. The summed E-state index contributed by atoms with van der Waals surface area (Å²) in [4.78, 5) is 26.6. The number of hydrogen-bond acceptors (Lipinski definition) is 6. The van der Waals surface area contributed by atoms with Crippen molar-refractivity contribution in [3.05, 3.63) is 62.5 Å². The van der Waals surface area contributed by atoms with Crippen molar-refractivity contribution in [3.8, 4) is 0 Å². The van der Waals surface area contributed by atoms with Crippen molar-refractivity contribution in [1.82, 2.24) is 15.0 Å². The molecule has 0 spiro atoms. The Labute approximate surface area is 165 Å². The lowest BCUT2D eigenvalue weighted by Gasteiger charge is -2.11. The molecule has 28 heavy (non-hydrogen) atoms. The van der Waals surface area contributed by atoms with Crippen molar-refractivity contribution in [2.24, 2.45) is 5.10 Å². The van der Waals surface area contributed by atoms with Crippen LogP contribution in [0.1, 0.15) is 34.4 Å². The van der Waals surface area contributed by atoms with Gasteiger partial charge < -0.3 is 4.98 Å². The summed E-state index contributed by atoms with van der Waals surface area (Å²) in [7, 11) is 0. The monoisotopic (exact) mass is 389 g/mol. The number of rotatable bonds is 3. The van der Waals surface area contributed by atoms with Crippen molar-refractivity contribution in [1.29, 1.82) is 0 Å². The molecule has 0 amide bonds. The Kier molecular flexibility index (Phi) is 4.16. The average Bonchev–Trinajstić information content (AvgIpc) is 3.09. The van der Waals surface area contributed by atoms with Crippen molar-refractivity contribution in [3.63, 3.8) is 0 Å². The summed E-state index contributed by atoms with van der Waals surface area (Å²) in [6.07, 6.45) is 7.72. The Morgan fingerprint density at radius 3 is 3.07 bits per heavy atom. The number of aromatic nitrogens is 3. The highest BCUT2D eigenvalue weighted by Gasteiger charge is 2.19. The molecule has 0 aliphatic heterocycles. The summed E-state index contributed by atoms with van der Waals surface area (Å²) in [6, 6.07) is 7.80. The number of H-pyrrole nitrogens is 1. The molecule has 0 bridgehead atoms. The summed E-state index contributed by atoms with van der Waals surface area (Å²) < 4.78 is 0. The van der Waals surface area contributed by atoms with E-state index in [1.54, 1.807) is 23.9 Å². The van der Waals surface area contributed by atoms with Crippen LogP contribution >= 0.6 is 11.3 Å². The number of benzene rings is 1. The van der Waals surface area contributed by atoms with Crippen LogP contribution in [0.3, 0.4) is 0 Å². The molecule has 3 heterocycles. The Morgan fingerprint density at radius 1 is 1.25 bits per heavy atom. The van der Waals surface area contributed by atoms with Gasteiger partial charge in [0.15, 0.2) is 5.82 Å². The molecule has 0 saturated heterocycles. The fraction of sp³-hybridized carbons (Fsp3) is 0.238.